The summed E-state index contributed by atoms with van der Waals surface area (Å²) in [4.78, 5) is 25.3. The number of benzene rings is 3. The Balaban J connectivity index is 1.77. The van der Waals surface area contributed by atoms with Crippen LogP contribution in [0.25, 0.3) is 0 Å². The van der Waals surface area contributed by atoms with E-state index in [1.165, 1.54) is 6.92 Å². The van der Waals surface area contributed by atoms with Crippen molar-refractivity contribution in [3.05, 3.63) is 95.1 Å². The summed E-state index contributed by atoms with van der Waals surface area (Å²) < 4.78 is 0. The number of aryl methyl sites for hydroxylation is 2. The maximum absolute atomic E-state index is 12.7. The zero-order valence-corrected chi connectivity index (χ0v) is 16.7. The number of aliphatic hydroxyl groups is 1. The van der Waals surface area contributed by atoms with Crippen molar-refractivity contribution >= 4 is 23.2 Å². The lowest BCUT2D eigenvalue weighted by Crippen LogP contribution is -2.37. The van der Waals surface area contributed by atoms with Gasteiger partial charge in [0, 0.05) is 16.9 Å². The Labute approximate surface area is 170 Å². The van der Waals surface area contributed by atoms with E-state index in [2.05, 4.69) is 10.6 Å². The molecule has 0 bridgehead atoms. The van der Waals surface area contributed by atoms with Crippen molar-refractivity contribution in [3.63, 3.8) is 0 Å². The molecule has 0 heterocycles. The fourth-order valence-electron chi connectivity index (χ4n) is 3.08. The largest absolute Gasteiger partial charge is 0.376 e. The molecule has 29 heavy (non-hydrogen) atoms. The first-order chi connectivity index (χ1) is 13.8. The zero-order chi connectivity index (χ0) is 21.0. The zero-order valence-electron chi connectivity index (χ0n) is 16.7. The third-order valence-electron chi connectivity index (χ3n) is 4.88. The van der Waals surface area contributed by atoms with E-state index in [-0.39, 0.29) is 5.91 Å². The standard InChI is InChI=1S/C24H24N2O3/c1-16-9-7-10-17(2)21(16)26-22(27)18-11-8-14-20(15-18)25-23(28)24(3,29)19-12-5-4-6-13-19/h4-15,29H,1-3H3,(H,25,28)(H,26,27). The summed E-state index contributed by atoms with van der Waals surface area (Å²) in [5, 5.41) is 16.3. The molecule has 0 fully saturated rings. The van der Waals surface area contributed by atoms with Crippen molar-refractivity contribution in [2.45, 2.75) is 26.4 Å². The fourth-order valence-corrected chi connectivity index (χ4v) is 3.08. The molecule has 5 nitrogen and oxygen atoms in total. The van der Waals surface area contributed by atoms with Gasteiger partial charge in [0.1, 0.15) is 0 Å². The Kier molecular flexibility index (Phi) is 5.80. The summed E-state index contributed by atoms with van der Waals surface area (Å²) >= 11 is 0. The van der Waals surface area contributed by atoms with Crippen LogP contribution in [0, 0.1) is 13.8 Å². The molecule has 2 amide bonds. The van der Waals surface area contributed by atoms with E-state index in [9.17, 15) is 14.7 Å². The summed E-state index contributed by atoms with van der Waals surface area (Å²) in [6, 6.07) is 21.1. The number of hydrogen-bond acceptors (Lipinski definition) is 3. The average Bonchev–Trinajstić information content (AvgIpc) is 2.71. The lowest BCUT2D eigenvalue weighted by Gasteiger charge is -2.23. The lowest BCUT2D eigenvalue weighted by molar-refractivity contribution is -0.133. The number of carbonyl (C=O) groups is 2. The highest BCUT2D eigenvalue weighted by Crippen LogP contribution is 2.24. The Hall–Kier alpha value is -3.44. The number of anilines is 2. The third kappa shape index (κ3) is 4.52. The first-order valence-corrected chi connectivity index (χ1v) is 9.36. The molecule has 1 atom stereocenters. The predicted molar refractivity (Wildman–Crippen MR) is 115 cm³/mol. The summed E-state index contributed by atoms with van der Waals surface area (Å²) in [5.74, 6) is -0.843. The minimum atomic E-state index is -1.70. The molecule has 0 aliphatic rings. The van der Waals surface area contributed by atoms with Crippen LogP contribution in [0.15, 0.2) is 72.8 Å². The average molecular weight is 388 g/mol. The Bertz CT molecular complexity index is 1020. The smallest absolute Gasteiger partial charge is 0.260 e. The van der Waals surface area contributed by atoms with Gasteiger partial charge in [-0.15, -0.1) is 0 Å². The van der Waals surface area contributed by atoms with Crippen LogP contribution in [0.3, 0.4) is 0 Å². The second-order valence-corrected chi connectivity index (χ2v) is 7.19. The first-order valence-electron chi connectivity index (χ1n) is 9.36. The fraction of sp³-hybridized carbons (Fsp3) is 0.167. The summed E-state index contributed by atoms with van der Waals surface area (Å²) in [6.45, 7) is 5.31. The molecule has 0 aliphatic heterocycles. The van der Waals surface area contributed by atoms with E-state index in [4.69, 9.17) is 0 Å². The molecule has 1 unspecified atom stereocenters. The molecule has 0 saturated carbocycles. The van der Waals surface area contributed by atoms with Gasteiger partial charge >= 0.3 is 0 Å². The molecule has 0 spiro atoms. The lowest BCUT2D eigenvalue weighted by atomic mass is 9.95. The Morgan fingerprint density at radius 2 is 1.45 bits per heavy atom. The van der Waals surface area contributed by atoms with Crippen LogP contribution < -0.4 is 10.6 Å². The second-order valence-electron chi connectivity index (χ2n) is 7.19. The molecule has 5 heteroatoms. The minimum Gasteiger partial charge on any atom is -0.376 e. The minimum absolute atomic E-state index is 0.270. The molecular formula is C24H24N2O3. The van der Waals surface area contributed by atoms with Crippen LogP contribution in [0.2, 0.25) is 0 Å². The van der Waals surface area contributed by atoms with Crippen LogP contribution in [0.5, 0.6) is 0 Å². The quantitative estimate of drug-likeness (QED) is 0.606. The van der Waals surface area contributed by atoms with Crippen LogP contribution >= 0.6 is 0 Å². The maximum Gasteiger partial charge on any atom is 0.260 e. The van der Waals surface area contributed by atoms with Gasteiger partial charge in [0.25, 0.3) is 11.8 Å². The van der Waals surface area contributed by atoms with E-state index < -0.39 is 11.5 Å². The molecule has 3 aromatic rings. The van der Waals surface area contributed by atoms with Crippen LogP contribution in [0.4, 0.5) is 11.4 Å². The van der Waals surface area contributed by atoms with Gasteiger partial charge in [-0.05, 0) is 55.7 Å². The number of carbonyl (C=O) groups excluding carboxylic acids is 2. The number of amides is 2. The van der Waals surface area contributed by atoms with Crippen molar-refractivity contribution in [1.82, 2.24) is 0 Å². The van der Waals surface area contributed by atoms with Gasteiger partial charge in [-0.25, -0.2) is 0 Å². The highest BCUT2D eigenvalue weighted by molar-refractivity contribution is 6.06. The molecule has 0 aromatic heterocycles. The van der Waals surface area contributed by atoms with Gasteiger partial charge in [-0.3, -0.25) is 9.59 Å². The van der Waals surface area contributed by atoms with Crippen LogP contribution in [-0.4, -0.2) is 16.9 Å². The predicted octanol–water partition coefficient (Wildman–Crippen LogP) is 4.40. The van der Waals surface area contributed by atoms with Crippen LogP contribution in [0.1, 0.15) is 34.0 Å². The second kappa shape index (κ2) is 8.29. The summed E-state index contributed by atoms with van der Waals surface area (Å²) in [5.41, 5.74) is 2.35. The van der Waals surface area contributed by atoms with Gasteiger partial charge in [0.15, 0.2) is 5.60 Å². The van der Waals surface area contributed by atoms with E-state index in [0.717, 1.165) is 16.8 Å². The van der Waals surface area contributed by atoms with Gasteiger partial charge in [-0.1, -0.05) is 54.6 Å². The normalized spacial score (nSPS) is 12.7. The Morgan fingerprint density at radius 3 is 2.10 bits per heavy atom. The topological polar surface area (TPSA) is 78.4 Å². The number of rotatable bonds is 5. The van der Waals surface area contributed by atoms with Crippen LogP contribution in [-0.2, 0) is 10.4 Å². The van der Waals surface area contributed by atoms with Crippen molar-refractivity contribution in [3.8, 4) is 0 Å². The number of para-hydroxylation sites is 1. The molecule has 148 valence electrons. The van der Waals surface area contributed by atoms with Crippen molar-refractivity contribution < 1.29 is 14.7 Å². The molecular weight excluding hydrogens is 364 g/mol. The van der Waals surface area contributed by atoms with E-state index in [1.807, 2.05) is 38.1 Å². The van der Waals surface area contributed by atoms with Crippen molar-refractivity contribution in [2.24, 2.45) is 0 Å². The van der Waals surface area contributed by atoms with Gasteiger partial charge in [0.05, 0.1) is 0 Å². The van der Waals surface area contributed by atoms with Crippen molar-refractivity contribution in [2.75, 3.05) is 10.6 Å². The third-order valence-corrected chi connectivity index (χ3v) is 4.88. The maximum atomic E-state index is 12.7. The van der Waals surface area contributed by atoms with Gasteiger partial charge < -0.3 is 15.7 Å². The van der Waals surface area contributed by atoms with Gasteiger partial charge in [0.2, 0.25) is 0 Å². The molecule has 0 saturated heterocycles. The molecule has 0 radical (unpaired) electrons. The summed E-state index contributed by atoms with van der Waals surface area (Å²) in [7, 11) is 0. The molecule has 3 aromatic carbocycles. The molecule has 3 rings (SSSR count). The van der Waals surface area contributed by atoms with Crippen molar-refractivity contribution in [1.29, 1.82) is 0 Å². The number of nitrogens with one attached hydrogen (secondary N) is 2. The first kappa shape index (κ1) is 20.3. The van der Waals surface area contributed by atoms with E-state index >= 15 is 0 Å². The summed E-state index contributed by atoms with van der Waals surface area (Å²) in [6.07, 6.45) is 0. The number of hydrogen-bond donors (Lipinski definition) is 3. The van der Waals surface area contributed by atoms with Gasteiger partial charge in [-0.2, -0.15) is 0 Å². The monoisotopic (exact) mass is 388 g/mol. The van der Waals surface area contributed by atoms with E-state index in [1.54, 1.807) is 48.5 Å². The highest BCUT2D eigenvalue weighted by atomic mass is 16.3. The molecule has 0 aliphatic carbocycles. The SMILES string of the molecule is Cc1cccc(C)c1NC(=O)c1cccc(NC(=O)C(C)(O)c2ccccc2)c1. The Morgan fingerprint density at radius 1 is 0.828 bits per heavy atom. The van der Waals surface area contributed by atoms with E-state index in [0.29, 0.717) is 16.8 Å². The highest BCUT2D eigenvalue weighted by Gasteiger charge is 2.32. The molecule has 3 N–H and O–H groups in total.